The Kier molecular flexibility index (Phi) is 3.70. The molecule has 1 N–H and O–H groups in total. The molecule has 1 aromatic carbocycles. The van der Waals surface area contributed by atoms with Gasteiger partial charge in [-0.25, -0.2) is 4.39 Å². The van der Waals surface area contributed by atoms with Crippen LogP contribution < -0.4 is 5.32 Å². The van der Waals surface area contributed by atoms with Crippen molar-refractivity contribution in [3.8, 4) is 6.07 Å². The van der Waals surface area contributed by atoms with Crippen LogP contribution in [0.1, 0.15) is 22.8 Å². The van der Waals surface area contributed by atoms with Gasteiger partial charge in [0.05, 0.1) is 18.3 Å². The summed E-state index contributed by atoms with van der Waals surface area (Å²) in [5.74, 6) is -0.454. The highest BCUT2D eigenvalue weighted by Gasteiger charge is 2.32. The summed E-state index contributed by atoms with van der Waals surface area (Å²) in [7, 11) is 0. The standard InChI is InChI=1S/C15H18FN3O/c1-10-12(2-3-14(16)13(10)6-17)15-8-19-5-4-18-7-11(19)9-20-15/h2-3,11,15,18H,4-5,7-9H2,1H3/t11-,15-/m0/s1. The van der Waals surface area contributed by atoms with Crippen molar-refractivity contribution in [1.29, 1.82) is 5.26 Å². The number of nitrogens with zero attached hydrogens (tertiary/aromatic N) is 2. The highest BCUT2D eigenvalue weighted by atomic mass is 19.1. The third kappa shape index (κ3) is 2.31. The van der Waals surface area contributed by atoms with E-state index in [1.807, 2.05) is 6.07 Å². The zero-order chi connectivity index (χ0) is 14.1. The average Bonchev–Trinajstić information content (AvgIpc) is 2.47. The Hall–Kier alpha value is -1.48. The summed E-state index contributed by atoms with van der Waals surface area (Å²) >= 11 is 0. The van der Waals surface area contributed by atoms with Crippen molar-refractivity contribution >= 4 is 0 Å². The minimum absolute atomic E-state index is 0.0722. The molecule has 0 saturated carbocycles. The Morgan fingerprint density at radius 1 is 1.50 bits per heavy atom. The first kappa shape index (κ1) is 13.5. The summed E-state index contributed by atoms with van der Waals surface area (Å²) in [6, 6.07) is 5.49. The second-order valence-corrected chi connectivity index (χ2v) is 5.42. The Morgan fingerprint density at radius 2 is 2.35 bits per heavy atom. The van der Waals surface area contributed by atoms with Crippen LogP contribution in [0.4, 0.5) is 4.39 Å². The zero-order valence-corrected chi connectivity index (χ0v) is 11.5. The maximum absolute atomic E-state index is 13.6. The fraction of sp³-hybridized carbons (Fsp3) is 0.533. The average molecular weight is 275 g/mol. The second-order valence-electron chi connectivity index (χ2n) is 5.42. The molecular weight excluding hydrogens is 257 g/mol. The Labute approximate surface area is 118 Å². The molecule has 20 heavy (non-hydrogen) atoms. The lowest BCUT2D eigenvalue weighted by atomic mass is 9.96. The molecule has 0 amide bonds. The van der Waals surface area contributed by atoms with Crippen LogP contribution in [-0.4, -0.2) is 43.7 Å². The predicted molar refractivity (Wildman–Crippen MR) is 72.8 cm³/mol. The topological polar surface area (TPSA) is 48.3 Å². The van der Waals surface area contributed by atoms with Crippen LogP contribution in [0.5, 0.6) is 0 Å². The zero-order valence-electron chi connectivity index (χ0n) is 11.5. The molecule has 2 saturated heterocycles. The monoisotopic (exact) mass is 275 g/mol. The van der Waals surface area contributed by atoms with Gasteiger partial charge >= 0.3 is 0 Å². The number of hydrogen-bond acceptors (Lipinski definition) is 4. The molecule has 0 unspecified atom stereocenters. The molecule has 2 atom stereocenters. The maximum Gasteiger partial charge on any atom is 0.141 e. The number of benzene rings is 1. The van der Waals surface area contributed by atoms with Gasteiger partial charge in [0.2, 0.25) is 0 Å². The van der Waals surface area contributed by atoms with Crippen LogP contribution in [0.2, 0.25) is 0 Å². The highest BCUT2D eigenvalue weighted by Crippen LogP contribution is 2.29. The fourth-order valence-corrected chi connectivity index (χ4v) is 3.07. The summed E-state index contributed by atoms with van der Waals surface area (Å²) in [6.07, 6.45) is -0.0722. The van der Waals surface area contributed by atoms with Gasteiger partial charge in [0.25, 0.3) is 0 Å². The van der Waals surface area contributed by atoms with Crippen molar-refractivity contribution < 1.29 is 9.13 Å². The number of ether oxygens (including phenoxy) is 1. The van der Waals surface area contributed by atoms with Gasteiger partial charge in [-0.2, -0.15) is 5.26 Å². The fourth-order valence-electron chi connectivity index (χ4n) is 3.07. The Balaban J connectivity index is 1.85. The van der Waals surface area contributed by atoms with E-state index in [1.54, 1.807) is 13.0 Å². The molecular formula is C15H18FN3O. The third-order valence-corrected chi connectivity index (χ3v) is 4.28. The summed E-state index contributed by atoms with van der Waals surface area (Å²) < 4.78 is 19.5. The minimum atomic E-state index is -0.454. The lowest BCUT2D eigenvalue weighted by molar-refractivity contribution is -0.0720. The molecule has 1 aromatic rings. The van der Waals surface area contributed by atoms with E-state index in [0.29, 0.717) is 18.2 Å². The van der Waals surface area contributed by atoms with E-state index in [0.717, 1.165) is 31.7 Å². The first-order valence-corrected chi connectivity index (χ1v) is 6.96. The maximum atomic E-state index is 13.6. The van der Waals surface area contributed by atoms with Gasteiger partial charge in [-0.05, 0) is 24.1 Å². The molecule has 2 heterocycles. The first-order valence-electron chi connectivity index (χ1n) is 6.96. The number of rotatable bonds is 1. The van der Waals surface area contributed by atoms with Crippen molar-refractivity contribution in [3.63, 3.8) is 0 Å². The van der Waals surface area contributed by atoms with Gasteiger partial charge < -0.3 is 10.1 Å². The third-order valence-electron chi connectivity index (χ3n) is 4.28. The Morgan fingerprint density at radius 3 is 3.15 bits per heavy atom. The van der Waals surface area contributed by atoms with Crippen molar-refractivity contribution in [1.82, 2.24) is 10.2 Å². The van der Waals surface area contributed by atoms with Crippen LogP contribution >= 0.6 is 0 Å². The molecule has 5 heteroatoms. The van der Waals surface area contributed by atoms with Crippen LogP contribution in [0.15, 0.2) is 12.1 Å². The smallest absolute Gasteiger partial charge is 0.141 e. The molecule has 0 spiro atoms. The van der Waals surface area contributed by atoms with Crippen LogP contribution in [0, 0.1) is 24.1 Å². The number of nitrogens with one attached hydrogen (secondary N) is 1. The van der Waals surface area contributed by atoms with E-state index in [4.69, 9.17) is 10.00 Å². The quantitative estimate of drug-likeness (QED) is 0.840. The van der Waals surface area contributed by atoms with Gasteiger partial charge in [-0.15, -0.1) is 0 Å². The lowest BCUT2D eigenvalue weighted by Crippen LogP contribution is -2.57. The van der Waals surface area contributed by atoms with Crippen LogP contribution in [-0.2, 0) is 4.74 Å². The highest BCUT2D eigenvalue weighted by molar-refractivity contribution is 5.44. The number of halogens is 1. The second kappa shape index (κ2) is 5.49. The van der Waals surface area contributed by atoms with E-state index >= 15 is 0 Å². The molecule has 106 valence electrons. The summed E-state index contributed by atoms with van der Waals surface area (Å²) in [5, 5.41) is 12.4. The number of nitriles is 1. The number of piperazine rings is 1. The van der Waals surface area contributed by atoms with E-state index in [-0.39, 0.29) is 11.7 Å². The molecule has 2 fully saturated rings. The number of fused-ring (bicyclic) bond motifs is 1. The molecule has 4 nitrogen and oxygen atoms in total. The summed E-state index contributed by atoms with van der Waals surface area (Å²) in [4.78, 5) is 2.42. The first-order chi connectivity index (χ1) is 9.70. The van der Waals surface area contributed by atoms with Gasteiger partial charge in [-0.1, -0.05) is 6.07 Å². The normalized spacial score (nSPS) is 26.9. The van der Waals surface area contributed by atoms with Gasteiger partial charge in [-0.3, -0.25) is 4.90 Å². The van der Waals surface area contributed by atoms with Crippen LogP contribution in [0.25, 0.3) is 0 Å². The molecule has 0 radical (unpaired) electrons. The van der Waals surface area contributed by atoms with E-state index < -0.39 is 5.82 Å². The van der Waals surface area contributed by atoms with E-state index in [9.17, 15) is 4.39 Å². The molecule has 0 aromatic heterocycles. The number of hydrogen-bond donors (Lipinski definition) is 1. The Bertz CT molecular complexity index is 555. The molecule has 2 aliphatic rings. The van der Waals surface area contributed by atoms with Crippen molar-refractivity contribution in [2.24, 2.45) is 0 Å². The van der Waals surface area contributed by atoms with Gasteiger partial charge in [0, 0.05) is 32.2 Å². The van der Waals surface area contributed by atoms with Gasteiger partial charge in [0.15, 0.2) is 0 Å². The summed E-state index contributed by atoms with van der Waals surface area (Å²) in [5.41, 5.74) is 1.76. The minimum Gasteiger partial charge on any atom is -0.370 e. The SMILES string of the molecule is Cc1c([C@@H]2CN3CCNC[C@H]3CO2)ccc(F)c1C#N. The predicted octanol–water partition coefficient (Wildman–Crippen LogP) is 1.35. The van der Waals surface area contributed by atoms with Crippen molar-refractivity contribution in [2.75, 3.05) is 32.8 Å². The molecule has 2 aliphatic heterocycles. The summed E-state index contributed by atoms with van der Waals surface area (Å²) in [6.45, 7) is 6.24. The largest absolute Gasteiger partial charge is 0.370 e. The van der Waals surface area contributed by atoms with Crippen LogP contribution in [0.3, 0.4) is 0 Å². The van der Waals surface area contributed by atoms with Crippen molar-refractivity contribution in [3.05, 3.63) is 34.6 Å². The van der Waals surface area contributed by atoms with E-state index in [1.165, 1.54) is 6.07 Å². The van der Waals surface area contributed by atoms with Gasteiger partial charge in [0.1, 0.15) is 11.9 Å². The molecule has 3 rings (SSSR count). The van der Waals surface area contributed by atoms with Crippen molar-refractivity contribution in [2.45, 2.75) is 19.1 Å². The molecule has 0 bridgehead atoms. The van der Waals surface area contributed by atoms with E-state index in [2.05, 4.69) is 10.2 Å². The number of morpholine rings is 1. The lowest BCUT2D eigenvalue weighted by Gasteiger charge is -2.43. The molecule has 0 aliphatic carbocycles.